The largest absolute Gasteiger partial charge is 0.375 e. The number of hydrogen-bond donors (Lipinski definition) is 3. The highest BCUT2D eigenvalue weighted by Gasteiger charge is 2.01. The van der Waals surface area contributed by atoms with Gasteiger partial charge in [0.2, 0.25) is 0 Å². The summed E-state index contributed by atoms with van der Waals surface area (Å²) < 4.78 is 0. The Morgan fingerprint density at radius 3 is 2.31 bits per heavy atom. The van der Waals surface area contributed by atoms with Crippen LogP contribution in [0.5, 0.6) is 0 Å². The summed E-state index contributed by atoms with van der Waals surface area (Å²) in [7, 11) is 1.78. The number of carbonyl (C=O) groups is 1. The van der Waals surface area contributed by atoms with Crippen LogP contribution in [-0.2, 0) is 0 Å². The summed E-state index contributed by atoms with van der Waals surface area (Å²) >= 11 is 0. The molecule has 4 nitrogen and oxygen atoms in total. The van der Waals surface area contributed by atoms with Crippen LogP contribution in [-0.4, -0.2) is 19.6 Å². The lowest BCUT2D eigenvalue weighted by Gasteiger charge is -2.10. The zero-order chi connectivity index (χ0) is 12.6. The van der Waals surface area contributed by atoms with Crippen molar-refractivity contribution in [3.63, 3.8) is 0 Å². The Bertz CT molecular complexity index is 293. The molecule has 0 bridgehead atoms. The van der Waals surface area contributed by atoms with Gasteiger partial charge in [-0.15, -0.1) is 0 Å². The van der Waals surface area contributed by atoms with Crippen molar-refractivity contribution in [2.75, 3.05) is 13.6 Å². The molecule has 0 saturated heterocycles. The number of urea groups is 1. The molecule has 0 spiro atoms. The molecule has 2 amide bonds. The number of rotatable bonds is 5. The Labute approximate surface area is 98.2 Å². The molecule has 0 aliphatic carbocycles. The molecule has 0 aliphatic rings. The van der Waals surface area contributed by atoms with E-state index in [0.717, 1.165) is 6.42 Å². The lowest BCUT2D eigenvalue weighted by molar-refractivity contribution is 0.243. The van der Waals surface area contributed by atoms with E-state index in [1.807, 2.05) is 19.9 Å². The molecule has 3 N–H and O–H groups in total. The molecule has 0 aromatic rings. The van der Waals surface area contributed by atoms with Gasteiger partial charge in [-0.2, -0.15) is 0 Å². The molecule has 16 heavy (non-hydrogen) atoms. The van der Waals surface area contributed by atoms with E-state index < -0.39 is 0 Å². The summed E-state index contributed by atoms with van der Waals surface area (Å²) in [5.74, 6) is 0.705. The fourth-order valence-electron chi connectivity index (χ4n) is 1.12. The van der Waals surface area contributed by atoms with Gasteiger partial charge in [0, 0.05) is 13.6 Å². The second-order valence-corrected chi connectivity index (χ2v) is 3.61. The molecule has 0 atom stereocenters. The molecule has 0 rings (SSSR count). The predicted molar refractivity (Wildman–Crippen MR) is 68.0 cm³/mol. The Morgan fingerprint density at radius 2 is 1.88 bits per heavy atom. The van der Waals surface area contributed by atoms with Crippen LogP contribution >= 0.6 is 0 Å². The van der Waals surface area contributed by atoms with Crippen molar-refractivity contribution in [1.29, 1.82) is 0 Å². The van der Waals surface area contributed by atoms with Crippen LogP contribution in [0, 0.1) is 0 Å². The third kappa shape index (κ3) is 5.44. The van der Waals surface area contributed by atoms with E-state index in [-0.39, 0.29) is 6.03 Å². The summed E-state index contributed by atoms with van der Waals surface area (Å²) in [5.41, 5.74) is 2.48. The van der Waals surface area contributed by atoms with Gasteiger partial charge >= 0.3 is 6.03 Å². The minimum atomic E-state index is -0.190. The van der Waals surface area contributed by atoms with Crippen molar-refractivity contribution < 1.29 is 4.79 Å². The maximum atomic E-state index is 11.3. The van der Waals surface area contributed by atoms with Gasteiger partial charge in [0.1, 0.15) is 5.82 Å². The van der Waals surface area contributed by atoms with Crippen LogP contribution in [0.15, 0.2) is 23.0 Å². The molecule has 0 aromatic carbocycles. The molecular formula is C12H23N3O. The number of amides is 2. The second-order valence-electron chi connectivity index (χ2n) is 3.61. The number of nitrogens with one attached hydrogen (secondary N) is 3. The van der Waals surface area contributed by atoms with Crippen molar-refractivity contribution in [3.05, 3.63) is 23.0 Å². The van der Waals surface area contributed by atoms with E-state index in [0.29, 0.717) is 12.4 Å². The molecule has 92 valence electrons. The minimum absolute atomic E-state index is 0.190. The number of hydrogen-bond acceptors (Lipinski definition) is 2. The first kappa shape index (κ1) is 14.6. The molecule has 4 heteroatoms. The maximum absolute atomic E-state index is 11.3. The van der Waals surface area contributed by atoms with E-state index in [9.17, 15) is 4.79 Å². The SMILES string of the molecule is CCNC(=O)N/C(=C/C(C)=C(\C)CC)NC. The fourth-order valence-corrected chi connectivity index (χ4v) is 1.12. The molecule has 0 aromatic heterocycles. The summed E-state index contributed by atoms with van der Waals surface area (Å²) in [6, 6.07) is -0.190. The molecule has 0 saturated carbocycles. The third-order valence-electron chi connectivity index (χ3n) is 2.42. The average Bonchev–Trinajstić information content (AvgIpc) is 2.27. The Kier molecular flexibility index (Phi) is 7.09. The first-order valence-electron chi connectivity index (χ1n) is 5.65. The van der Waals surface area contributed by atoms with Gasteiger partial charge in [-0.3, -0.25) is 5.32 Å². The Morgan fingerprint density at radius 1 is 1.25 bits per heavy atom. The third-order valence-corrected chi connectivity index (χ3v) is 2.42. The van der Waals surface area contributed by atoms with Crippen LogP contribution in [0.1, 0.15) is 34.1 Å². The highest BCUT2D eigenvalue weighted by atomic mass is 16.2. The zero-order valence-corrected chi connectivity index (χ0v) is 10.9. The van der Waals surface area contributed by atoms with Crippen molar-refractivity contribution in [2.45, 2.75) is 34.1 Å². The van der Waals surface area contributed by atoms with Gasteiger partial charge in [0.15, 0.2) is 0 Å². The molecule has 0 radical (unpaired) electrons. The second kappa shape index (κ2) is 7.79. The van der Waals surface area contributed by atoms with Gasteiger partial charge in [0.25, 0.3) is 0 Å². The van der Waals surface area contributed by atoms with Crippen LogP contribution < -0.4 is 16.0 Å². The molecule has 0 aliphatic heterocycles. The lowest BCUT2D eigenvalue weighted by atomic mass is 10.1. The van der Waals surface area contributed by atoms with E-state index >= 15 is 0 Å². The lowest BCUT2D eigenvalue weighted by Crippen LogP contribution is -2.38. The molecule has 0 fully saturated rings. The van der Waals surface area contributed by atoms with Crippen LogP contribution in [0.2, 0.25) is 0 Å². The van der Waals surface area contributed by atoms with E-state index in [1.165, 1.54) is 11.1 Å². The smallest absolute Gasteiger partial charge is 0.320 e. The fraction of sp³-hybridized carbons (Fsp3) is 0.583. The van der Waals surface area contributed by atoms with Gasteiger partial charge in [0.05, 0.1) is 0 Å². The van der Waals surface area contributed by atoms with Gasteiger partial charge in [-0.1, -0.05) is 12.5 Å². The first-order valence-corrected chi connectivity index (χ1v) is 5.65. The Balaban J connectivity index is 4.61. The van der Waals surface area contributed by atoms with E-state index in [4.69, 9.17) is 0 Å². The normalized spacial score (nSPS) is 12.9. The van der Waals surface area contributed by atoms with E-state index in [2.05, 4.69) is 29.8 Å². The van der Waals surface area contributed by atoms with Crippen LogP contribution in [0.4, 0.5) is 4.79 Å². The van der Waals surface area contributed by atoms with E-state index in [1.54, 1.807) is 7.05 Å². The van der Waals surface area contributed by atoms with Crippen molar-refractivity contribution in [3.8, 4) is 0 Å². The van der Waals surface area contributed by atoms with Crippen molar-refractivity contribution in [1.82, 2.24) is 16.0 Å². The quantitative estimate of drug-likeness (QED) is 0.628. The first-order chi connectivity index (χ1) is 7.54. The van der Waals surface area contributed by atoms with Gasteiger partial charge in [-0.05, 0) is 38.8 Å². The highest BCUT2D eigenvalue weighted by molar-refractivity contribution is 5.75. The average molecular weight is 225 g/mol. The summed E-state index contributed by atoms with van der Waals surface area (Å²) in [6.45, 7) is 8.74. The topological polar surface area (TPSA) is 53.2 Å². The Hall–Kier alpha value is -1.45. The molecule has 0 unspecified atom stereocenters. The molecule has 0 heterocycles. The molecular weight excluding hydrogens is 202 g/mol. The number of carbonyl (C=O) groups excluding carboxylic acids is 1. The van der Waals surface area contributed by atoms with Gasteiger partial charge < -0.3 is 10.6 Å². The summed E-state index contributed by atoms with van der Waals surface area (Å²) in [4.78, 5) is 11.3. The zero-order valence-electron chi connectivity index (χ0n) is 10.9. The summed E-state index contributed by atoms with van der Waals surface area (Å²) in [5, 5.41) is 8.38. The number of allylic oxidation sites excluding steroid dienone is 3. The minimum Gasteiger partial charge on any atom is -0.375 e. The predicted octanol–water partition coefficient (Wildman–Crippen LogP) is 2.11. The monoisotopic (exact) mass is 225 g/mol. The van der Waals surface area contributed by atoms with Crippen molar-refractivity contribution >= 4 is 6.03 Å². The van der Waals surface area contributed by atoms with Gasteiger partial charge in [-0.25, -0.2) is 4.79 Å². The summed E-state index contributed by atoms with van der Waals surface area (Å²) in [6.07, 6.45) is 2.95. The maximum Gasteiger partial charge on any atom is 0.320 e. The van der Waals surface area contributed by atoms with Crippen molar-refractivity contribution in [2.24, 2.45) is 0 Å². The standard InChI is InChI=1S/C12H23N3O/c1-6-9(3)10(4)8-11(13-5)15-12(16)14-7-2/h8,13H,6-7H2,1-5H3,(H2,14,15,16)/b10-9+,11-8+. The van der Waals surface area contributed by atoms with Crippen LogP contribution in [0.25, 0.3) is 0 Å². The highest BCUT2D eigenvalue weighted by Crippen LogP contribution is 2.09. The van der Waals surface area contributed by atoms with Crippen LogP contribution in [0.3, 0.4) is 0 Å².